The molecule has 2 heterocycles. The van der Waals surface area contributed by atoms with Crippen LogP contribution in [-0.4, -0.2) is 25.4 Å². The molecule has 6 nitrogen and oxygen atoms in total. The molecule has 0 saturated heterocycles. The monoisotopic (exact) mass is 326 g/mol. The van der Waals surface area contributed by atoms with Gasteiger partial charge in [0.05, 0.1) is 6.04 Å². The van der Waals surface area contributed by atoms with Gasteiger partial charge in [0.2, 0.25) is 0 Å². The second-order valence-corrected chi connectivity index (χ2v) is 7.07. The number of nitrogens with one attached hydrogen (secondary N) is 2. The van der Waals surface area contributed by atoms with Crippen LogP contribution in [0.1, 0.15) is 30.0 Å². The summed E-state index contributed by atoms with van der Waals surface area (Å²) in [6.45, 7) is 2.56. The second-order valence-electron chi connectivity index (χ2n) is 4.49. The standard InChI is InChI=1S/C13H18N4O2S2/c1-3-11(13-15-6-7-20-13)17-21(18,19)12-5-4-10(8-14-2)9-16-12/h4-7,9,11,14,17H,3,8H2,1-2H3. The number of hydrogen-bond donors (Lipinski definition) is 2. The van der Waals surface area contributed by atoms with Crippen molar-refractivity contribution in [2.24, 2.45) is 0 Å². The van der Waals surface area contributed by atoms with Crippen molar-refractivity contribution in [3.63, 3.8) is 0 Å². The summed E-state index contributed by atoms with van der Waals surface area (Å²) in [6.07, 6.45) is 3.86. The lowest BCUT2D eigenvalue weighted by Gasteiger charge is -2.14. The number of nitrogens with zero attached hydrogens (tertiary/aromatic N) is 2. The number of sulfonamides is 1. The predicted molar refractivity (Wildman–Crippen MR) is 82.5 cm³/mol. The fourth-order valence-corrected chi connectivity index (χ4v) is 3.90. The lowest BCUT2D eigenvalue weighted by molar-refractivity contribution is 0.545. The summed E-state index contributed by atoms with van der Waals surface area (Å²) in [6, 6.07) is 2.94. The Kier molecular flexibility index (Phi) is 5.40. The molecular weight excluding hydrogens is 308 g/mol. The largest absolute Gasteiger partial charge is 0.316 e. The lowest BCUT2D eigenvalue weighted by atomic mass is 10.3. The highest BCUT2D eigenvalue weighted by molar-refractivity contribution is 7.89. The summed E-state index contributed by atoms with van der Waals surface area (Å²) in [5.74, 6) is 0. The number of pyridine rings is 1. The van der Waals surface area contributed by atoms with Gasteiger partial charge in [-0.3, -0.25) is 0 Å². The molecule has 1 atom stereocenters. The van der Waals surface area contributed by atoms with E-state index in [9.17, 15) is 8.42 Å². The van der Waals surface area contributed by atoms with Crippen LogP contribution in [0.3, 0.4) is 0 Å². The molecule has 8 heteroatoms. The van der Waals surface area contributed by atoms with E-state index in [1.54, 1.807) is 18.5 Å². The Morgan fingerprint density at radius 3 is 2.67 bits per heavy atom. The van der Waals surface area contributed by atoms with Gasteiger partial charge in [-0.05, 0) is 25.1 Å². The van der Waals surface area contributed by atoms with Crippen molar-refractivity contribution in [2.75, 3.05) is 7.05 Å². The maximum atomic E-state index is 12.4. The van der Waals surface area contributed by atoms with E-state index in [1.165, 1.54) is 17.4 Å². The van der Waals surface area contributed by atoms with Crippen LogP contribution in [0.25, 0.3) is 0 Å². The minimum Gasteiger partial charge on any atom is -0.316 e. The molecule has 2 aromatic rings. The maximum absolute atomic E-state index is 12.4. The quantitative estimate of drug-likeness (QED) is 0.809. The summed E-state index contributed by atoms with van der Waals surface area (Å²) in [5, 5.41) is 5.60. The zero-order valence-corrected chi connectivity index (χ0v) is 13.5. The molecular formula is C13H18N4O2S2. The smallest absolute Gasteiger partial charge is 0.258 e. The van der Waals surface area contributed by atoms with E-state index < -0.39 is 10.0 Å². The molecule has 0 radical (unpaired) electrons. The van der Waals surface area contributed by atoms with Gasteiger partial charge in [0.1, 0.15) is 5.01 Å². The topological polar surface area (TPSA) is 84.0 Å². The number of aromatic nitrogens is 2. The highest BCUT2D eigenvalue weighted by Gasteiger charge is 2.22. The van der Waals surface area contributed by atoms with Crippen molar-refractivity contribution in [2.45, 2.75) is 31.0 Å². The molecule has 0 amide bonds. The van der Waals surface area contributed by atoms with Crippen molar-refractivity contribution in [1.29, 1.82) is 0 Å². The van der Waals surface area contributed by atoms with Crippen molar-refractivity contribution < 1.29 is 8.42 Å². The van der Waals surface area contributed by atoms with Crippen molar-refractivity contribution in [3.05, 3.63) is 40.5 Å². The number of thiazole rings is 1. The zero-order valence-electron chi connectivity index (χ0n) is 11.9. The van der Waals surface area contributed by atoms with Crippen LogP contribution < -0.4 is 10.0 Å². The Labute approximate surface area is 128 Å². The van der Waals surface area contributed by atoms with Crippen LogP contribution in [0.4, 0.5) is 0 Å². The Balaban J connectivity index is 2.17. The summed E-state index contributed by atoms with van der Waals surface area (Å²) in [7, 11) is -1.82. The second kappa shape index (κ2) is 7.08. The minimum absolute atomic E-state index is 0.0253. The molecule has 0 aromatic carbocycles. The number of hydrogen-bond acceptors (Lipinski definition) is 6. The third-order valence-corrected chi connectivity index (χ3v) is 5.19. The summed E-state index contributed by atoms with van der Waals surface area (Å²) >= 11 is 1.43. The van der Waals surface area contributed by atoms with E-state index in [0.717, 1.165) is 10.6 Å². The van der Waals surface area contributed by atoms with Crippen LogP contribution in [0.5, 0.6) is 0 Å². The SMILES string of the molecule is CCC(NS(=O)(=O)c1ccc(CNC)cn1)c1nccs1. The van der Waals surface area contributed by atoms with E-state index in [2.05, 4.69) is 20.0 Å². The Hall–Kier alpha value is -1.35. The molecule has 0 saturated carbocycles. The van der Waals surface area contributed by atoms with Crippen molar-refractivity contribution in [3.8, 4) is 0 Å². The van der Waals surface area contributed by atoms with Crippen LogP contribution in [0, 0.1) is 0 Å². The molecule has 2 aromatic heterocycles. The van der Waals surface area contributed by atoms with Crippen LogP contribution >= 0.6 is 11.3 Å². The molecule has 2 rings (SSSR count). The van der Waals surface area contributed by atoms with Gasteiger partial charge in [-0.25, -0.2) is 18.4 Å². The number of rotatable bonds is 7. The molecule has 0 aliphatic rings. The molecule has 114 valence electrons. The van der Waals surface area contributed by atoms with Gasteiger partial charge in [-0.1, -0.05) is 13.0 Å². The molecule has 0 aliphatic heterocycles. The van der Waals surface area contributed by atoms with Gasteiger partial charge in [0, 0.05) is 24.3 Å². The first-order valence-electron chi connectivity index (χ1n) is 6.58. The molecule has 2 N–H and O–H groups in total. The van der Waals surface area contributed by atoms with E-state index in [-0.39, 0.29) is 11.1 Å². The third-order valence-electron chi connectivity index (χ3n) is 2.91. The maximum Gasteiger partial charge on any atom is 0.258 e. The first kappa shape index (κ1) is 16.0. The van der Waals surface area contributed by atoms with Crippen molar-refractivity contribution in [1.82, 2.24) is 20.0 Å². The molecule has 0 aliphatic carbocycles. The fourth-order valence-electron chi connectivity index (χ4n) is 1.84. The zero-order chi connectivity index (χ0) is 15.3. The average Bonchev–Trinajstić information content (AvgIpc) is 3.00. The normalized spacial score (nSPS) is 13.2. The van der Waals surface area contributed by atoms with Gasteiger partial charge in [0.25, 0.3) is 10.0 Å². The Bertz CT molecular complexity index is 654. The first-order chi connectivity index (χ1) is 10.1. The van der Waals surface area contributed by atoms with E-state index >= 15 is 0 Å². The minimum atomic E-state index is -3.64. The summed E-state index contributed by atoms with van der Waals surface area (Å²) in [5.41, 5.74) is 0.934. The molecule has 0 fully saturated rings. The summed E-state index contributed by atoms with van der Waals surface area (Å²) in [4.78, 5) is 8.20. The van der Waals surface area contributed by atoms with Crippen LogP contribution in [0.15, 0.2) is 34.9 Å². The predicted octanol–water partition coefficient (Wildman–Crippen LogP) is 1.69. The van der Waals surface area contributed by atoms with Crippen LogP contribution in [-0.2, 0) is 16.6 Å². The van der Waals surface area contributed by atoms with E-state index in [1.807, 2.05) is 19.4 Å². The van der Waals surface area contributed by atoms with Crippen LogP contribution in [0.2, 0.25) is 0 Å². The molecule has 21 heavy (non-hydrogen) atoms. The lowest BCUT2D eigenvalue weighted by Crippen LogP contribution is -2.29. The van der Waals surface area contributed by atoms with E-state index in [0.29, 0.717) is 13.0 Å². The van der Waals surface area contributed by atoms with Gasteiger partial charge >= 0.3 is 0 Å². The fraction of sp³-hybridized carbons (Fsp3) is 0.385. The third kappa shape index (κ3) is 4.07. The molecule has 1 unspecified atom stereocenters. The van der Waals surface area contributed by atoms with Gasteiger partial charge in [0.15, 0.2) is 5.03 Å². The summed E-state index contributed by atoms with van der Waals surface area (Å²) < 4.78 is 27.4. The Morgan fingerprint density at radius 1 is 1.33 bits per heavy atom. The van der Waals surface area contributed by atoms with Gasteiger partial charge in [-0.2, -0.15) is 4.72 Å². The Morgan fingerprint density at radius 2 is 2.14 bits per heavy atom. The highest BCUT2D eigenvalue weighted by atomic mass is 32.2. The van der Waals surface area contributed by atoms with Gasteiger partial charge < -0.3 is 5.32 Å². The van der Waals surface area contributed by atoms with Gasteiger partial charge in [-0.15, -0.1) is 11.3 Å². The average molecular weight is 326 g/mol. The highest BCUT2D eigenvalue weighted by Crippen LogP contribution is 2.21. The molecule has 0 bridgehead atoms. The van der Waals surface area contributed by atoms with E-state index in [4.69, 9.17) is 0 Å². The molecule has 0 spiro atoms. The first-order valence-corrected chi connectivity index (χ1v) is 8.94. The van der Waals surface area contributed by atoms with Crippen molar-refractivity contribution >= 4 is 21.4 Å².